The van der Waals surface area contributed by atoms with E-state index in [1.54, 1.807) is 0 Å². The van der Waals surface area contributed by atoms with Gasteiger partial charge in [-0.05, 0) is 32.1 Å². The second-order valence-electron chi connectivity index (χ2n) is 6.89. The summed E-state index contributed by atoms with van der Waals surface area (Å²) in [5.74, 6) is 0.133. The number of rotatable bonds is 6. The topological polar surface area (TPSA) is 80.0 Å². The van der Waals surface area contributed by atoms with Gasteiger partial charge in [0.1, 0.15) is 0 Å². The maximum absolute atomic E-state index is 12.1. The Morgan fingerprint density at radius 2 is 1.91 bits per heavy atom. The standard InChI is InChI=1S/C17H28N4OS/c18-17-20-13(11-23-17)7-10-16(22)21-15-9-8-14(15)19-12-5-3-1-2-4-6-12/h11-12,14-15,19H,1-10H2,(H2,18,20)(H,21,22)/t14-,15+/m0/s1. The summed E-state index contributed by atoms with van der Waals surface area (Å²) < 4.78 is 0. The highest BCUT2D eigenvalue weighted by Gasteiger charge is 2.33. The number of nitrogen functional groups attached to an aromatic ring is 1. The summed E-state index contributed by atoms with van der Waals surface area (Å²) in [6, 6.07) is 1.43. The van der Waals surface area contributed by atoms with E-state index in [0.717, 1.165) is 12.1 Å². The van der Waals surface area contributed by atoms with Crippen LogP contribution in [0.25, 0.3) is 0 Å². The van der Waals surface area contributed by atoms with Crippen molar-refractivity contribution in [3.8, 4) is 0 Å². The second-order valence-corrected chi connectivity index (χ2v) is 7.78. The first-order valence-electron chi connectivity index (χ1n) is 8.96. The van der Waals surface area contributed by atoms with Gasteiger partial charge in [-0.25, -0.2) is 4.98 Å². The van der Waals surface area contributed by atoms with Crippen LogP contribution in [0.4, 0.5) is 5.13 Å². The average molecular weight is 337 g/mol. The van der Waals surface area contributed by atoms with E-state index in [1.165, 1.54) is 56.3 Å². The minimum absolute atomic E-state index is 0.133. The van der Waals surface area contributed by atoms with Gasteiger partial charge in [0.05, 0.1) is 5.69 Å². The highest BCUT2D eigenvalue weighted by molar-refractivity contribution is 7.13. The Labute approximate surface area is 142 Å². The van der Waals surface area contributed by atoms with Gasteiger partial charge in [-0.2, -0.15) is 0 Å². The SMILES string of the molecule is Nc1nc(CCC(=O)N[C@@H]2CC[C@@H]2NC2CCCCCC2)cs1. The molecule has 1 heterocycles. The lowest BCUT2D eigenvalue weighted by Crippen LogP contribution is -2.58. The number of aryl methyl sites for hydroxylation is 1. The fourth-order valence-electron chi connectivity index (χ4n) is 3.58. The van der Waals surface area contributed by atoms with Crippen molar-refractivity contribution in [2.75, 3.05) is 5.73 Å². The normalized spacial score (nSPS) is 25.6. The minimum Gasteiger partial charge on any atom is -0.375 e. The lowest BCUT2D eigenvalue weighted by Gasteiger charge is -2.40. The Hall–Kier alpha value is -1.14. The number of anilines is 1. The Bertz CT molecular complexity index is 510. The van der Waals surface area contributed by atoms with Gasteiger partial charge >= 0.3 is 0 Å². The third kappa shape index (κ3) is 4.91. The molecule has 2 fully saturated rings. The zero-order valence-corrected chi connectivity index (χ0v) is 14.5. The lowest BCUT2D eigenvalue weighted by molar-refractivity contribution is -0.122. The van der Waals surface area contributed by atoms with E-state index in [9.17, 15) is 4.79 Å². The van der Waals surface area contributed by atoms with Crippen molar-refractivity contribution < 1.29 is 4.79 Å². The third-order valence-corrected chi connectivity index (χ3v) is 5.83. The van der Waals surface area contributed by atoms with Crippen LogP contribution in [0.5, 0.6) is 0 Å². The number of thiazole rings is 1. The predicted octanol–water partition coefficient (Wildman–Crippen LogP) is 2.62. The molecule has 5 nitrogen and oxygen atoms in total. The highest BCUT2D eigenvalue weighted by atomic mass is 32.1. The summed E-state index contributed by atoms with van der Waals surface area (Å²) in [7, 11) is 0. The zero-order chi connectivity index (χ0) is 16.1. The average Bonchev–Trinajstić information content (AvgIpc) is 2.78. The molecule has 3 rings (SSSR count). The molecule has 1 amide bonds. The van der Waals surface area contributed by atoms with E-state index in [0.29, 0.717) is 36.1 Å². The van der Waals surface area contributed by atoms with E-state index in [-0.39, 0.29) is 5.91 Å². The maximum atomic E-state index is 12.1. The first-order chi connectivity index (χ1) is 11.2. The quantitative estimate of drug-likeness (QED) is 0.698. The molecule has 1 aromatic heterocycles. The fourth-order valence-corrected chi connectivity index (χ4v) is 4.18. The second kappa shape index (κ2) is 8.11. The van der Waals surface area contributed by atoms with Crippen molar-refractivity contribution in [1.29, 1.82) is 0 Å². The van der Waals surface area contributed by atoms with Gasteiger partial charge in [-0.15, -0.1) is 11.3 Å². The summed E-state index contributed by atoms with van der Waals surface area (Å²) >= 11 is 1.43. The molecule has 0 aromatic carbocycles. The maximum Gasteiger partial charge on any atom is 0.220 e. The van der Waals surface area contributed by atoms with Crippen molar-refractivity contribution in [2.24, 2.45) is 0 Å². The van der Waals surface area contributed by atoms with E-state index >= 15 is 0 Å². The highest BCUT2D eigenvalue weighted by Crippen LogP contribution is 2.24. The van der Waals surface area contributed by atoms with Gasteiger partial charge < -0.3 is 16.4 Å². The molecule has 0 unspecified atom stereocenters. The number of nitrogens with one attached hydrogen (secondary N) is 2. The van der Waals surface area contributed by atoms with E-state index in [2.05, 4.69) is 15.6 Å². The number of amides is 1. The minimum atomic E-state index is 0.133. The molecule has 0 radical (unpaired) electrons. The van der Waals surface area contributed by atoms with E-state index < -0.39 is 0 Å². The number of carbonyl (C=O) groups excluding carboxylic acids is 1. The molecule has 2 saturated carbocycles. The molecule has 0 saturated heterocycles. The number of aromatic nitrogens is 1. The van der Waals surface area contributed by atoms with Crippen LogP contribution in [0.15, 0.2) is 5.38 Å². The smallest absolute Gasteiger partial charge is 0.220 e. The molecule has 0 spiro atoms. The zero-order valence-electron chi connectivity index (χ0n) is 13.7. The third-order valence-electron chi connectivity index (χ3n) is 5.10. The number of hydrogen-bond acceptors (Lipinski definition) is 5. The van der Waals surface area contributed by atoms with Crippen molar-refractivity contribution in [2.45, 2.75) is 82.3 Å². The number of carbonyl (C=O) groups is 1. The van der Waals surface area contributed by atoms with Crippen LogP contribution in [-0.2, 0) is 11.2 Å². The van der Waals surface area contributed by atoms with Gasteiger partial charge in [-0.1, -0.05) is 25.7 Å². The summed E-state index contributed by atoms with van der Waals surface area (Å²) in [5, 5.41) is 9.49. The summed E-state index contributed by atoms with van der Waals surface area (Å²) in [6.07, 6.45) is 11.5. The Morgan fingerprint density at radius 3 is 2.52 bits per heavy atom. The molecule has 2 atom stereocenters. The van der Waals surface area contributed by atoms with Crippen LogP contribution in [0.2, 0.25) is 0 Å². The molecule has 0 aliphatic heterocycles. The van der Waals surface area contributed by atoms with Crippen LogP contribution in [0, 0.1) is 0 Å². The van der Waals surface area contributed by atoms with Gasteiger partial charge in [-0.3, -0.25) is 4.79 Å². The lowest BCUT2D eigenvalue weighted by atomic mass is 9.85. The molecule has 2 aliphatic rings. The van der Waals surface area contributed by atoms with Crippen LogP contribution >= 0.6 is 11.3 Å². The van der Waals surface area contributed by atoms with Crippen LogP contribution in [0.1, 0.15) is 63.5 Å². The molecule has 1 aromatic rings. The predicted molar refractivity (Wildman–Crippen MR) is 94.4 cm³/mol. The van der Waals surface area contributed by atoms with Gasteiger partial charge in [0.25, 0.3) is 0 Å². The Balaban J connectivity index is 1.38. The van der Waals surface area contributed by atoms with Gasteiger partial charge in [0.2, 0.25) is 5.91 Å². The molecule has 6 heteroatoms. The molecule has 4 N–H and O–H groups in total. The Kier molecular flexibility index (Phi) is 5.89. The van der Waals surface area contributed by atoms with Gasteiger partial charge in [0, 0.05) is 29.9 Å². The molecule has 23 heavy (non-hydrogen) atoms. The van der Waals surface area contributed by atoms with E-state index in [4.69, 9.17) is 5.73 Å². The van der Waals surface area contributed by atoms with Crippen LogP contribution in [0.3, 0.4) is 0 Å². The first-order valence-corrected chi connectivity index (χ1v) is 9.84. The number of hydrogen-bond donors (Lipinski definition) is 3. The fraction of sp³-hybridized carbons (Fsp3) is 0.765. The molecule has 128 valence electrons. The largest absolute Gasteiger partial charge is 0.375 e. The Morgan fingerprint density at radius 1 is 1.17 bits per heavy atom. The first kappa shape index (κ1) is 16.7. The summed E-state index contributed by atoms with van der Waals surface area (Å²) in [6.45, 7) is 0. The van der Waals surface area contributed by atoms with Crippen molar-refractivity contribution >= 4 is 22.4 Å². The number of nitrogens with two attached hydrogens (primary N) is 1. The van der Waals surface area contributed by atoms with Crippen LogP contribution in [-0.4, -0.2) is 29.0 Å². The molecular weight excluding hydrogens is 308 g/mol. The molecule has 0 bridgehead atoms. The van der Waals surface area contributed by atoms with Gasteiger partial charge in [0.15, 0.2) is 5.13 Å². The monoisotopic (exact) mass is 336 g/mol. The van der Waals surface area contributed by atoms with E-state index in [1.807, 2.05) is 5.38 Å². The van der Waals surface area contributed by atoms with Crippen LogP contribution < -0.4 is 16.4 Å². The van der Waals surface area contributed by atoms with Crippen molar-refractivity contribution in [3.05, 3.63) is 11.1 Å². The summed E-state index contributed by atoms with van der Waals surface area (Å²) in [5.41, 5.74) is 6.53. The molecular formula is C17H28N4OS. The molecule has 2 aliphatic carbocycles. The summed E-state index contributed by atoms with van der Waals surface area (Å²) in [4.78, 5) is 16.3. The van der Waals surface area contributed by atoms with Crippen molar-refractivity contribution in [3.63, 3.8) is 0 Å². The van der Waals surface area contributed by atoms with Crippen molar-refractivity contribution in [1.82, 2.24) is 15.6 Å². The number of nitrogens with zero attached hydrogens (tertiary/aromatic N) is 1.